The third kappa shape index (κ3) is 4.51. The molecule has 2 rings (SSSR count). The Balaban J connectivity index is 2.32. The van der Waals surface area contributed by atoms with Gasteiger partial charge in [0, 0.05) is 24.7 Å². The zero-order chi connectivity index (χ0) is 18.6. The molecule has 0 saturated heterocycles. The minimum atomic E-state index is -0.412. The lowest BCUT2D eigenvalue weighted by Crippen LogP contribution is -2.40. The molecule has 2 N–H and O–H groups in total. The maximum Gasteiger partial charge on any atom is 0.254 e. The summed E-state index contributed by atoms with van der Waals surface area (Å²) in [6.45, 7) is 4.88. The van der Waals surface area contributed by atoms with Crippen molar-refractivity contribution in [2.45, 2.75) is 13.8 Å². The first kappa shape index (κ1) is 18.8. The number of benzene rings is 2. The van der Waals surface area contributed by atoms with Crippen molar-refractivity contribution < 1.29 is 14.0 Å². The Bertz CT molecular complexity index is 770. The number of carbonyl (C=O) groups is 2. The van der Waals surface area contributed by atoms with E-state index in [4.69, 9.17) is 5.73 Å². The molecule has 0 aromatic heterocycles. The summed E-state index contributed by atoms with van der Waals surface area (Å²) in [5.74, 6) is -0.965. The van der Waals surface area contributed by atoms with E-state index in [0.717, 1.165) is 0 Å². The number of rotatable bonds is 6. The Labute approximate surface area is 147 Å². The van der Waals surface area contributed by atoms with Crippen LogP contribution in [0.4, 0.5) is 4.39 Å². The maximum atomic E-state index is 13.1. The lowest BCUT2D eigenvalue weighted by Gasteiger charge is -2.29. The summed E-state index contributed by atoms with van der Waals surface area (Å²) in [7, 11) is 1.69. The smallest absolute Gasteiger partial charge is 0.254 e. The molecule has 0 radical (unpaired) electrons. The number of hydrogen-bond acceptors (Lipinski definition) is 3. The van der Waals surface area contributed by atoms with E-state index < -0.39 is 5.82 Å². The second-order valence-corrected chi connectivity index (χ2v) is 6.91. The highest BCUT2D eigenvalue weighted by atomic mass is 19.1. The highest BCUT2D eigenvalue weighted by Crippen LogP contribution is 2.19. The summed E-state index contributed by atoms with van der Waals surface area (Å²) in [6, 6.07) is 12.0. The molecular weight excluding hydrogens is 319 g/mol. The van der Waals surface area contributed by atoms with Crippen LogP contribution in [0, 0.1) is 11.2 Å². The molecule has 0 unspecified atom stereocenters. The molecule has 0 bridgehead atoms. The monoisotopic (exact) mass is 342 g/mol. The average Bonchev–Trinajstić information content (AvgIpc) is 2.60. The minimum Gasteiger partial charge on any atom is -0.341 e. The van der Waals surface area contributed by atoms with E-state index in [0.29, 0.717) is 29.8 Å². The summed E-state index contributed by atoms with van der Waals surface area (Å²) in [5, 5.41) is 0. The van der Waals surface area contributed by atoms with Gasteiger partial charge in [-0.1, -0.05) is 32.0 Å². The van der Waals surface area contributed by atoms with Gasteiger partial charge in [-0.3, -0.25) is 9.59 Å². The molecule has 5 heteroatoms. The molecule has 0 aliphatic heterocycles. The van der Waals surface area contributed by atoms with Gasteiger partial charge in [-0.15, -0.1) is 0 Å². The van der Waals surface area contributed by atoms with Gasteiger partial charge in [-0.2, -0.15) is 0 Å². The van der Waals surface area contributed by atoms with Crippen molar-refractivity contribution in [3.63, 3.8) is 0 Å². The van der Waals surface area contributed by atoms with Crippen molar-refractivity contribution in [2.75, 3.05) is 20.1 Å². The first-order valence-corrected chi connectivity index (χ1v) is 8.10. The molecule has 25 heavy (non-hydrogen) atoms. The average molecular weight is 342 g/mol. The van der Waals surface area contributed by atoms with Gasteiger partial charge in [0.1, 0.15) is 5.82 Å². The van der Waals surface area contributed by atoms with Crippen molar-refractivity contribution in [2.24, 2.45) is 11.1 Å². The van der Waals surface area contributed by atoms with Gasteiger partial charge in [-0.05, 0) is 42.3 Å². The molecule has 2 aromatic rings. The molecular formula is C20H23FN2O2. The third-order valence-electron chi connectivity index (χ3n) is 4.07. The van der Waals surface area contributed by atoms with Gasteiger partial charge < -0.3 is 10.6 Å². The number of nitrogens with zero attached hydrogens (tertiary/aromatic N) is 1. The van der Waals surface area contributed by atoms with Crippen LogP contribution < -0.4 is 5.73 Å². The van der Waals surface area contributed by atoms with Gasteiger partial charge in [0.15, 0.2) is 5.78 Å². The fourth-order valence-corrected chi connectivity index (χ4v) is 2.61. The van der Waals surface area contributed by atoms with Crippen LogP contribution in [-0.2, 0) is 0 Å². The van der Waals surface area contributed by atoms with Crippen molar-refractivity contribution in [3.8, 4) is 0 Å². The number of hydrogen-bond donors (Lipinski definition) is 1. The second kappa shape index (κ2) is 7.57. The van der Waals surface area contributed by atoms with Crippen LogP contribution in [0.25, 0.3) is 0 Å². The predicted octanol–water partition coefficient (Wildman–Crippen LogP) is 3.11. The minimum absolute atomic E-state index is 0.222. The van der Waals surface area contributed by atoms with Gasteiger partial charge >= 0.3 is 0 Å². The molecule has 0 fully saturated rings. The Kier molecular flexibility index (Phi) is 5.69. The van der Waals surface area contributed by atoms with E-state index in [1.165, 1.54) is 24.3 Å². The van der Waals surface area contributed by atoms with E-state index in [-0.39, 0.29) is 17.1 Å². The predicted molar refractivity (Wildman–Crippen MR) is 96.1 cm³/mol. The fraction of sp³-hybridized carbons (Fsp3) is 0.300. The number of amides is 1. The van der Waals surface area contributed by atoms with E-state index in [2.05, 4.69) is 0 Å². The second-order valence-electron chi connectivity index (χ2n) is 6.91. The third-order valence-corrected chi connectivity index (χ3v) is 4.07. The molecule has 0 heterocycles. The van der Waals surface area contributed by atoms with E-state index >= 15 is 0 Å². The van der Waals surface area contributed by atoms with Gasteiger partial charge in [0.25, 0.3) is 5.91 Å². The first-order valence-electron chi connectivity index (χ1n) is 8.10. The summed E-state index contributed by atoms with van der Waals surface area (Å²) >= 11 is 0. The molecule has 0 spiro atoms. The molecule has 2 aromatic carbocycles. The van der Waals surface area contributed by atoms with Gasteiger partial charge in [-0.25, -0.2) is 4.39 Å². The van der Waals surface area contributed by atoms with Gasteiger partial charge in [0.05, 0.1) is 5.56 Å². The van der Waals surface area contributed by atoms with Crippen molar-refractivity contribution >= 4 is 11.7 Å². The van der Waals surface area contributed by atoms with Crippen LogP contribution >= 0.6 is 0 Å². The van der Waals surface area contributed by atoms with Crippen LogP contribution in [0.1, 0.15) is 40.1 Å². The Morgan fingerprint density at radius 3 is 2.16 bits per heavy atom. The largest absolute Gasteiger partial charge is 0.341 e. The standard InChI is InChI=1S/C20H23FN2O2/c1-20(2,12-22)13-23(3)19(25)17-7-5-4-6-16(17)18(24)14-8-10-15(21)11-9-14/h4-11H,12-13,22H2,1-3H3. The van der Waals surface area contributed by atoms with Crippen LogP contribution in [0.5, 0.6) is 0 Å². The molecule has 0 aliphatic rings. The van der Waals surface area contributed by atoms with Gasteiger partial charge in [0.2, 0.25) is 0 Å². The summed E-state index contributed by atoms with van der Waals surface area (Å²) in [6.07, 6.45) is 0. The number of nitrogens with two attached hydrogens (primary N) is 1. The zero-order valence-corrected chi connectivity index (χ0v) is 14.8. The SMILES string of the molecule is CN(CC(C)(C)CN)C(=O)c1ccccc1C(=O)c1ccc(F)cc1. The quantitative estimate of drug-likeness (QED) is 0.821. The van der Waals surface area contributed by atoms with Crippen molar-refractivity contribution in [1.29, 1.82) is 0 Å². The highest BCUT2D eigenvalue weighted by molar-refractivity contribution is 6.15. The lowest BCUT2D eigenvalue weighted by molar-refractivity contribution is 0.0736. The Morgan fingerprint density at radius 1 is 1.04 bits per heavy atom. The number of carbonyl (C=O) groups excluding carboxylic acids is 2. The molecule has 132 valence electrons. The van der Waals surface area contributed by atoms with Crippen LogP contribution in [0.15, 0.2) is 48.5 Å². The first-order chi connectivity index (χ1) is 11.7. The van der Waals surface area contributed by atoms with Crippen LogP contribution in [0.2, 0.25) is 0 Å². The van der Waals surface area contributed by atoms with Crippen molar-refractivity contribution in [3.05, 3.63) is 71.0 Å². The fourth-order valence-electron chi connectivity index (χ4n) is 2.61. The van der Waals surface area contributed by atoms with Crippen LogP contribution in [-0.4, -0.2) is 36.7 Å². The van der Waals surface area contributed by atoms with Crippen LogP contribution in [0.3, 0.4) is 0 Å². The van der Waals surface area contributed by atoms with Crippen molar-refractivity contribution in [1.82, 2.24) is 4.90 Å². The number of ketones is 1. The highest BCUT2D eigenvalue weighted by Gasteiger charge is 2.25. The van der Waals surface area contributed by atoms with E-state index in [1.807, 2.05) is 13.8 Å². The molecule has 4 nitrogen and oxygen atoms in total. The Hall–Kier alpha value is -2.53. The topological polar surface area (TPSA) is 63.4 Å². The zero-order valence-electron chi connectivity index (χ0n) is 14.8. The summed E-state index contributed by atoms with van der Waals surface area (Å²) < 4.78 is 13.1. The summed E-state index contributed by atoms with van der Waals surface area (Å²) in [4.78, 5) is 27.1. The van der Waals surface area contributed by atoms with E-state index in [9.17, 15) is 14.0 Å². The number of halogens is 1. The molecule has 0 atom stereocenters. The maximum absolute atomic E-state index is 13.1. The normalized spacial score (nSPS) is 11.2. The molecule has 1 amide bonds. The molecule has 0 aliphatic carbocycles. The summed E-state index contributed by atoms with van der Waals surface area (Å²) in [5.41, 5.74) is 6.48. The molecule has 0 saturated carbocycles. The Morgan fingerprint density at radius 2 is 1.60 bits per heavy atom. The van der Waals surface area contributed by atoms with E-state index in [1.54, 1.807) is 36.2 Å². The lowest BCUT2D eigenvalue weighted by atomic mass is 9.92.